The molecule has 1 aliphatic rings. The molecule has 0 spiro atoms. The van der Waals surface area contributed by atoms with Gasteiger partial charge in [0.1, 0.15) is 24.0 Å². The minimum absolute atomic E-state index is 0.103. The van der Waals surface area contributed by atoms with Gasteiger partial charge in [-0.15, -0.1) is 0 Å². The summed E-state index contributed by atoms with van der Waals surface area (Å²) in [6.07, 6.45) is 3.55. The van der Waals surface area contributed by atoms with E-state index >= 15 is 0 Å². The van der Waals surface area contributed by atoms with Crippen molar-refractivity contribution in [1.29, 1.82) is 5.26 Å². The first-order valence-corrected chi connectivity index (χ1v) is 11.1. The summed E-state index contributed by atoms with van der Waals surface area (Å²) in [5.41, 5.74) is 3.56. The largest absolute Gasteiger partial charge is 0.489 e. The van der Waals surface area contributed by atoms with Gasteiger partial charge in [-0.05, 0) is 50.2 Å². The Labute approximate surface area is 198 Å². The van der Waals surface area contributed by atoms with E-state index in [0.29, 0.717) is 48.9 Å². The molecule has 2 N–H and O–H groups in total. The second kappa shape index (κ2) is 10.3. The monoisotopic (exact) mass is 458 g/mol. The van der Waals surface area contributed by atoms with Gasteiger partial charge < -0.3 is 20.1 Å². The molecule has 1 amide bonds. The molecule has 2 aromatic heterocycles. The van der Waals surface area contributed by atoms with Crippen LogP contribution in [0, 0.1) is 18.3 Å². The van der Waals surface area contributed by atoms with E-state index in [1.54, 1.807) is 35.5 Å². The first kappa shape index (κ1) is 23.1. The van der Waals surface area contributed by atoms with Crippen molar-refractivity contribution in [1.82, 2.24) is 19.9 Å². The molecular weight excluding hydrogens is 432 g/mol. The van der Waals surface area contributed by atoms with Gasteiger partial charge in [0, 0.05) is 43.4 Å². The number of aryl methyl sites for hydroxylation is 1. The molecule has 0 aliphatic carbocycles. The van der Waals surface area contributed by atoms with E-state index < -0.39 is 6.10 Å². The zero-order valence-corrected chi connectivity index (χ0v) is 19.1. The fourth-order valence-corrected chi connectivity index (χ4v) is 3.77. The highest BCUT2D eigenvalue weighted by Gasteiger charge is 2.26. The predicted molar refractivity (Wildman–Crippen MR) is 126 cm³/mol. The lowest BCUT2D eigenvalue weighted by Gasteiger charge is -2.33. The Kier molecular flexibility index (Phi) is 6.99. The number of aliphatic hydroxyl groups is 1. The first-order valence-electron chi connectivity index (χ1n) is 11.1. The van der Waals surface area contributed by atoms with Crippen LogP contribution in [0.3, 0.4) is 0 Å². The summed E-state index contributed by atoms with van der Waals surface area (Å²) < 4.78 is 6.09. The number of rotatable bonds is 6. The molecule has 1 aliphatic heterocycles. The number of hydrogen-bond donors (Lipinski definition) is 2. The lowest BCUT2D eigenvalue weighted by molar-refractivity contribution is -0.141. The van der Waals surface area contributed by atoms with Crippen LogP contribution in [0.4, 0.5) is 11.6 Å². The van der Waals surface area contributed by atoms with E-state index in [1.807, 2.05) is 25.1 Å². The highest BCUT2D eigenvalue weighted by atomic mass is 16.5. The van der Waals surface area contributed by atoms with E-state index in [9.17, 15) is 15.2 Å². The molecule has 3 heterocycles. The summed E-state index contributed by atoms with van der Waals surface area (Å²) in [6.45, 7) is 4.42. The number of anilines is 2. The van der Waals surface area contributed by atoms with E-state index in [4.69, 9.17) is 4.74 Å². The molecule has 9 heteroatoms. The van der Waals surface area contributed by atoms with Crippen molar-refractivity contribution >= 4 is 17.5 Å². The number of likely N-dealkylation sites (tertiary alicyclic amines) is 1. The second-order valence-corrected chi connectivity index (χ2v) is 8.22. The van der Waals surface area contributed by atoms with Gasteiger partial charge in [-0.2, -0.15) is 5.26 Å². The average Bonchev–Trinajstić information content (AvgIpc) is 2.86. The molecule has 0 radical (unpaired) electrons. The average molecular weight is 459 g/mol. The minimum Gasteiger partial charge on any atom is -0.489 e. The fourth-order valence-electron chi connectivity index (χ4n) is 3.77. The van der Waals surface area contributed by atoms with Crippen molar-refractivity contribution < 1.29 is 14.6 Å². The third-order valence-corrected chi connectivity index (χ3v) is 5.62. The number of aromatic nitrogens is 3. The van der Waals surface area contributed by atoms with Crippen LogP contribution < -0.4 is 10.1 Å². The van der Waals surface area contributed by atoms with Crippen LogP contribution in [0.25, 0.3) is 11.3 Å². The third-order valence-electron chi connectivity index (χ3n) is 5.62. The molecule has 1 aromatic carbocycles. The normalized spacial score (nSPS) is 14.8. The van der Waals surface area contributed by atoms with Crippen molar-refractivity contribution in [3.05, 3.63) is 60.0 Å². The Morgan fingerprint density at radius 1 is 1.24 bits per heavy atom. The molecule has 0 bridgehead atoms. The van der Waals surface area contributed by atoms with Crippen LogP contribution in [-0.2, 0) is 4.79 Å². The van der Waals surface area contributed by atoms with Gasteiger partial charge in [-0.3, -0.25) is 9.78 Å². The number of amides is 1. The Morgan fingerprint density at radius 2 is 2.03 bits per heavy atom. The summed E-state index contributed by atoms with van der Waals surface area (Å²) in [5, 5.41) is 22.3. The quantitative estimate of drug-likeness (QED) is 0.577. The number of benzene rings is 1. The summed E-state index contributed by atoms with van der Waals surface area (Å²) in [5.74, 6) is 0.669. The summed E-state index contributed by atoms with van der Waals surface area (Å²) >= 11 is 0. The lowest BCUT2D eigenvalue weighted by atomic mass is 10.1. The van der Waals surface area contributed by atoms with Crippen molar-refractivity contribution in [3.63, 3.8) is 0 Å². The SMILES string of the molecule is Cc1ccc(Nc2nccc(-c3ccc(OC4CCN(C(=O)[C@H](C)O)CC4)c(C#N)c3)n2)cn1. The van der Waals surface area contributed by atoms with Gasteiger partial charge in [-0.25, -0.2) is 9.97 Å². The standard InChI is InChI=1S/C25H26N6O3/c1-16-3-5-20(15-28-16)29-25-27-10-7-22(30-25)18-4-6-23(19(13-18)14-26)34-21-8-11-31(12-9-21)24(33)17(2)32/h3-7,10,13,15,17,21,32H,8-9,11-12H2,1-2H3,(H,27,29,30)/t17-/m0/s1. The predicted octanol–water partition coefficient (Wildman–Crippen LogP) is 3.21. The lowest BCUT2D eigenvalue weighted by Crippen LogP contribution is -2.45. The van der Waals surface area contributed by atoms with Gasteiger partial charge in [0.05, 0.1) is 23.1 Å². The van der Waals surface area contributed by atoms with Crippen molar-refractivity contribution in [2.75, 3.05) is 18.4 Å². The highest BCUT2D eigenvalue weighted by molar-refractivity contribution is 5.80. The zero-order valence-electron chi connectivity index (χ0n) is 19.1. The summed E-state index contributed by atoms with van der Waals surface area (Å²) in [4.78, 5) is 26.7. The number of nitriles is 1. The number of nitrogens with zero attached hydrogens (tertiary/aromatic N) is 5. The van der Waals surface area contributed by atoms with Crippen molar-refractivity contribution in [3.8, 4) is 23.1 Å². The van der Waals surface area contributed by atoms with Crippen LogP contribution in [-0.4, -0.2) is 56.2 Å². The van der Waals surface area contributed by atoms with E-state index in [1.165, 1.54) is 6.92 Å². The van der Waals surface area contributed by atoms with Crippen LogP contribution in [0.5, 0.6) is 5.75 Å². The highest BCUT2D eigenvalue weighted by Crippen LogP contribution is 2.28. The number of carbonyl (C=O) groups excluding carboxylic acids is 1. The molecule has 174 valence electrons. The Balaban J connectivity index is 1.45. The molecule has 1 fully saturated rings. The third kappa shape index (κ3) is 5.47. The molecule has 3 aromatic rings. The van der Waals surface area contributed by atoms with Crippen LogP contribution in [0.1, 0.15) is 31.0 Å². The molecular formula is C25H26N6O3. The smallest absolute Gasteiger partial charge is 0.251 e. The summed E-state index contributed by atoms with van der Waals surface area (Å²) in [6, 6.07) is 13.2. The topological polar surface area (TPSA) is 124 Å². The van der Waals surface area contributed by atoms with E-state index in [2.05, 4.69) is 26.3 Å². The number of nitrogens with one attached hydrogen (secondary N) is 1. The van der Waals surface area contributed by atoms with Crippen molar-refractivity contribution in [2.45, 2.75) is 38.9 Å². The number of carbonyl (C=O) groups is 1. The summed E-state index contributed by atoms with van der Waals surface area (Å²) in [7, 11) is 0. The Hall–Kier alpha value is -4.03. The van der Waals surface area contributed by atoms with Gasteiger partial charge in [0.15, 0.2) is 0 Å². The fraction of sp³-hybridized carbons (Fsp3) is 0.320. The second-order valence-electron chi connectivity index (χ2n) is 8.22. The maximum absolute atomic E-state index is 11.9. The number of piperidine rings is 1. The first-order chi connectivity index (χ1) is 16.4. The number of ether oxygens (including phenoxy) is 1. The number of hydrogen-bond acceptors (Lipinski definition) is 8. The Bertz CT molecular complexity index is 1200. The molecule has 0 saturated carbocycles. The van der Waals surface area contributed by atoms with Gasteiger partial charge in [0.25, 0.3) is 5.91 Å². The maximum Gasteiger partial charge on any atom is 0.251 e. The minimum atomic E-state index is -0.999. The van der Waals surface area contributed by atoms with Crippen LogP contribution in [0.2, 0.25) is 0 Å². The molecule has 34 heavy (non-hydrogen) atoms. The molecule has 1 atom stereocenters. The maximum atomic E-state index is 11.9. The molecule has 9 nitrogen and oxygen atoms in total. The van der Waals surface area contributed by atoms with Gasteiger partial charge in [-0.1, -0.05) is 0 Å². The van der Waals surface area contributed by atoms with Crippen molar-refractivity contribution in [2.24, 2.45) is 0 Å². The Morgan fingerprint density at radius 3 is 2.71 bits per heavy atom. The van der Waals surface area contributed by atoms with Crippen LogP contribution in [0.15, 0.2) is 48.8 Å². The molecule has 1 saturated heterocycles. The van der Waals surface area contributed by atoms with Gasteiger partial charge >= 0.3 is 0 Å². The zero-order chi connectivity index (χ0) is 24.1. The van der Waals surface area contributed by atoms with E-state index in [-0.39, 0.29) is 12.0 Å². The number of aliphatic hydroxyl groups excluding tert-OH is 1. The molecule has 0 unspecified atom stereocenters. The van der Waals surface area contributed by atoms with E-state index in [0.717, 1.165) is 16.9 Å². The van der Waals surface area contributed by atoms with Crippen LogP contribution >= 0.6 is 0 Å². The number of pyridine rings is 1. The molecule has 4 rings (SSSR count). The van der Waals surface area contributed by atoms with Gasteiger partial charge in [0.2, 0.25) is 5.95 Å².